The van der Waals surface area contributed by atoms with Gasteiger partial charge in [0.2, 0.25) is 11.8 Å². The third-order valence-electron chi connectivity index (χ3n) is 5.74. The minimum absolute atomic E-state index is 0.229. The molecule has 1 unspecified atom stereocenters. The average Bonchev–Trinajstić information content (AvgIpc) is 3.43. The zero-order chi connectivity index (χ0) is 20.4. The van der Waals surface area contributed by atoms with E-state index < -0.39 is 0 Å². The van der Waals surface area contributed by atoms with Crippen LogP contribution in [0.15, 0.2) is 24.5 Å². The highest BCUT2D eigenvalue weighted by Gasteiger charge is 2.35. The largest absolute Gasteiger partial charge is 0.306 e. The summed E-state index contributed by atoms with van der Waals surface area (Å²) in [6.07, 6.45) is 4.07. The van der Waals surface area contributed by atoms with Gasteiger partial charge in [-0.3, -0.25) is 19.8 Å². The third-order valence-corrected chi connectivity index (χ3v) is 5.97. The molecule has 2 saturated heterocycles. The molecule has 2 amide bonds. The van der Waals surface area contributed by atoms with E-state index in [1.54, 1.807) is 10.7 Å². The molecule has 4 rings (SSSR count). The maximum Gasteiger partial charge on any atom is 0.244 e. The van der Waals surface area contributed by atoms with E-state index in [0.29, 0.717) is 18.0 Å². The lowest BCUT2D eigenvalue weighted by Gasteiger charge is -2.25. The number of carbonyl (C=O) groups is 2. The van der Waals surface area contributed by atoms with Crippen LogP contribution in [0.2, 0.25) is 5.02 Å². The molecule has 2 aliphatic heterocycles. The summed E-state index contributed by atoms with van der Waals surface area (Å²) in [5.41, 5.74) is 1.73. The summed E-state index contributed by atoms with van der Waals surface area (Å²) >= 11 is 6.21. The Kier molecular flexibility index (Phi) is 5.89. The summed E-state index contributed by atoms with van der Waals surface area (Å²) in [6, 6.07) is 4.85. The number of hydrogen-bond donors (Lipinski definition) is 2. The van der Waals surface area contributed by atoms with E-state index in [4.69, 9.17) is 11.6 Å². The Balaban J connectivity index is 1.47. The molecule has 0 spiro atoms. The van der Waals surface area contributed by atoms with Crippen LogP contribution in [0, 0.1) is 5.92 Å². The van der Waals surface area contributed by atoms with E-state index in [1.165, 1.54) is 6.33 Å². The van der Waals surface area contributed by atoms with Crippen molar-refractivity contribution in [3.05, 3.63) is 35.1 Å². The summed E-state index contributed by atoms with van der Waals surface area (Å²) in [4.78, 5) is 27.4. The second-order valence-corrected chi connectivity index (χ2v) is 8.14. The minimum Gasteiger partial charge on any atom is -0.306 e. The number of halogens is 1. The number of likely N-dealkylation sites (tertiary alicyclic amines) is 1. The van der Waals surface area contributed by atoms with Gasteiger partial charge in [0.1, 0.15) is 6.33 Å². The highest BCUT2D eigenvalue weighted by molar-refractivity contribution is 6.30. The summed E-state index contributed by atoms with van der Waals surface area (Å²) in [6.45, 7) is 4.11. The predicted molar refractivity (Wildman–Crippen MR) is 106 cm³/mol. The zero-order valence-corrected chi connectivity index (χ0v) is 17.0. The van der Waals surface area contributed by atoms with Crippen LogP contribution >= 0.6 is 11.6 Å². The number of benzene rings is 1. The molecule has 0 bridgehead atoms. The Morgan fingerprint density at radius 3 is 2.90 bits per heavy atom. The molecule has 2 aliphatic rings. The van der Waals surface area contributed by atoms with Crippen LogP contribution in [0.4, 0.5) is 0 Å². The molecule has 154 valence electrons. The summed E-state index contributed by atoms with van der Waals surface area (Å²) < 4.78 is 1.58. The molecule has 0 saturated carbocycles. The molecule has 3 atom stereocenters. The van der Waals surface area contributed by atoms with Gasteiger partial charge in [0.25, 0.3) is 0 Å². The Labute approximate surface area is 173 Å². The lowest BCUT2D eigenvalue weighted by molar-refractivity contribution is -0.134. The van der Waals surface area contributed by atoms with Gasteiger partial charge in [0, 0.05) is 11.6 Å². The number of carbonyl (C=O) groups excluding carboxylic acids is 2. The van der Waals surface area contributed by atoms with Gasteiger partial charge in [-0.25, -0.2) is 4.68 Å². The van der Waals surface area contributed by atoms with Crippen molar-refractivity contribution in [2.75, 3.05) is 13.1 Å². The van der Waals surface area contributed by atoms with E-state index in [-0.39, 0.29) is 29.8 Å². The second-order valence-electron chi connectivity index (χ2n) is 7.71. The van der Waals surface area contributed by atoms with Gasteiger partial charge < -0.3 is 5.32 Å². The third kappa shape index (κ3) is 4.31. The van der Waals surface area contributed by atoms with Crippen molar-refractivity contribution in [1.82, 2.24) is 35.7 Å². The van der Waals surface area contributed by atoms with Gasteiger partial charge in [0.15, 0.2) is 0 Å². The molecule has 9 nitrogen and oxygen atoms in total. The van der Waals surface area contributed by atoms with Gasteiger partial charge in [-0.15, -0.1) is 5.10 Å². The molecule has 2 N–H and O–H groups in total. The maximum absolute atomic E-state index is 12.8. The van der Waals surface area contributed by atoms with Crippen LogP contribution < -0.4 is 10.6 Å². The number of hydrogen-bond acceptors (Lipinski definition) is 7. The Morgan fingerprint density at radius 1 is 1.31 bits per heavy atom. The zero-order valence-electron chi connectivity index (χ0n) is 16.2. The lowest BCUT2D eigenvalue weighted by Crippen LogP contribution is -2.51. The fraction of sp³-hybridized carbons (Fsp3) is 0.526. The van der Waals surface area contributed by atoms with Crippen LogP contribution in [0.25, 0.3) is 5.69 Å². The van der Waals surface area contributed by atoms with E-state index in [1.807, 2.05) is 19.1 Å². The predicted octanol–water partition coefficient (Wildman–Crippen LogP) is 0.921. The number of imide groups is 1. The average molecular weight is 418 g/mol. The van der Waals surface area contributed by atoms with Gasteiger partial charge in [-0.05, 0) is 72.5 Å². The summed E-state index contributed by atoms with van der Waals surface area (Å²) in [5, 5.41) is 17.7. The standard InChI is InChI=1S/C19H24ClN7O2/c1-12-6-7-21-17(12)19(29)23-18(28)16-3-2-8-26(16)10-13-9-14(20)4-5-15(13)27-11-22-24-25-27/h4-5,9,11-12,16-17,21H,2-3,6-8,10H2,1H3,(H,23,28,29)/t12?,16-,17-/m0/s1. The quantitative estimate of drug-likeness (QED) is 0.697. The molecule has 2 fully saturated rings. The van der Waals surface area contributed by atoms with E-state index in [2.05, 4.69) is 31.1 Å². The first kappa shape index (κ1) is 19.9. The van der Waals surface area contributed by atoms with E-state index in [0.717, 1.165) is 37.2 Å². The Bertz CT molecular complexity index is 889. The van der Waals surface area contributed by atoms with Crippen molar-refractivity contribution >= 4 is 23.4 Å². The first-order valence-electron chi connectivity index (χ1n) is 9.87. The number of rotatable bonds is 5. The van der Waals surface area contributed by atoms with Crippen LogP contribution in [0.3, 0.4) is 0 Å². The van der Waals surface area contributed by atoms with Crippen LogP contribution in [-0.4, -0.2) is 62.1 Å². The molecular weight excluding hydrogens is 394 g/mol. The molecular formula is C19H24ClN7O2. The van der Waals surface area contributed by atoms with Gasteiger partial charge in [-0.2, -0.15) is 0 Å². The monoisotopic (exact) mass is 417 g/mol. The Hall–Kier alpha value is -2.36. The fourth-order valence-electron chi connectivity index (χ4n) is 4.17. The van der Waals surface area contributed by atoms with Gasteiger partial charge >= 0.3 is 0 Å². The highest BCUT2D eigenvalue weighted by Crippen LogP contribution is 2.25. The molecule has 0 radical (unpaired) electrons. The lowest BCUT2D eigenvalue weighted by atomic mass is 10.0. The molecule has 0 aliphatic carbocycles. The maximum atomic E-state index is 12.8. The molecule has 29 heavy (non-hydrogen) atoms. The highest BCUT2D eigenvalue weighted by atomic mass is 35.5. The molecule has 10 heteroatoms. The first-order valence-corrected chi connectivity index (χ1v) is 10.2. The minimum atomic E-state index is -0.351. The molecule has 1 aromatic carbocycles. The van der Waals surface area contributed by atoms with Crippen LogP contribution in [0.1, 0.15) is 31.7 Å². The molecule has 2 aromatic rings. The van der Waals surface area contributed by atoms with Gasteiger partial charge in [0.05, 0.1) is 17.8 Å². The summed E-state index contributed by atoms with van der Waals surface area (Å²) in [5.74, 6) is -0.240. The number of nitrogens with one attached hydrogen (secondary N) is 2. The van der Waals surface area contributed by atoms with Crippen molar-refractivity contribution in [1.29, 1.82) is 0 Å². The first-order chi connectivity index (χ1) is 14.0. The van der Waals surface area contributed by atoms with E-state index >= 15 is 0 Å². The van der Waals surface area contributed by atoms with Crippen LogP contribution in [0.5, 0.6) is 0 Å². The van der Waals surface area contributed by atoms with Crippen molar-refractivity contribution in [2.24, 2.45) is 5.92 Å². The second kappa shape index (κ2) is 8.56. The number of tetrazole rings is 1. The SMILES string of the molecule is CC1CCN[C@@H]1C(=O)NC(=O)[C@@H]1CCCN1Cc1cc(Cl)ccc1-n1cnnn1. The normalized spacial score (nSPS) is 24.7. The number of nitrogens with zero attached hydrogens (tertiary/aromatic N) is 5. The molecule has 1 aromatic heterocycles. The van der Waals surface area contributed by atoms with Crippen LogP contribution in [-0.2, 0) is 16.1 Å². The van der Waals surface area contributed by atoms with Crippen molar-refractivity contribution < 1.29 is 9.59 Å². The van der Waals surface area contributed by atoms with Crippen molar-refractivity contribution in [2.45, 2.75) is 44.8 Å². The van der Waals surface area contributed by atoms with E-state index in [9.17, 15) is 9.59 Å². The summed E-state index contributed by atoms with van der Waals surface area (Å²) in [7, 11) is 0. The fourth-order valence-corrected chi connectivity index (χ4v) is 4.37. The number of aromatic nitrogens is 4. The van der Waals surface area contributed by atoms with Crippen molar-refractivity contribution in [3.63, 3.8) is 0 Å². The van der Waals surface area contributed by atoms with Crippen molar-refractivity contribution in [3.8, 4) is 5.69 Å². The number of amides is 2. The Morgan fingerprint density at radius 2 is 2.17 bits per heavy atom. The topological polar surface area (TPSA) is 105 Å². The molecule has 3 heterocycles. The smallest absolute Gasteiger partial charge is 0.244 e. The van der Waals surface area contributed by atoms with Gasteiger partial charge in [-0.1, -0.05) is 18.5 Å².